The predicted octanol–water partition coefficient (Wildman–Crippen LogP) is 1.59. The highest BCUT2D eigenvalue weighted by molar-refractivity contribution is 7.11. The van der Waals surface area contributed by atoms with Crippen molar-refractivity contribution < 1.29 is 9.47 Å². The Hall–Kier alpha value is -0.490. The maximum atomic E-state index is 5.33. The van der Waals surface area contributed by atoms with E-state index in [2.05, 4.69) is 10.3 Å². The number of nitrogens with one attached hydrogen (secondary N) is 1. The van der Waals surface area contributed by atoms with Crippen LogP contribution in [0.3, 0.4) is 0 Å². The Morgan fingerprint density at radius 1 is 1.44 bits per heavy atom. The molecule has 0 unspecified atom stereocenters. The van der Waals surface area contributed by atoms with E-state index in [1.54, 1.807) is 18.4 Å². The highest BCUT2D eigenvalue weighted by Crippen LogP contribution is 2.19. The van der Waals surface area contributed by atoms with Gasteiger partial charge in [-0.25, -0.2) is 4.98 Å². The molecule has 1 heterocycles. The highest BCUT2D eigenvalue weighted by atomic mass is 32.1. The van der Waals surface area contributed by atoms with Crippen LogP contribution in [0.25, 0.3) is 0 Å². The SMILES string of the molecule is CCOCCc1nc(COC)c(CNC)s1. The van der Waals surface area contributed by atoms with E-state index in [-0.39, 0.29) is 0 Å². The zero-order chi connectivity index (χ0) is 11.8. The fourth-order valence-electron chi connectivity index (χ4n) is 1.40. The van der Waals surface area contributed by atoms with Crippen LogP contribution in [0.4, 0.5) is 0 Å². The fraction of sp³-hybridized carbons (Fsp3) is 0.727. The van der Waals surface area contributed by atoms with E-state index in [0.29, 0.717) is 6.61 Å². The Balaban J connectivity index is 2.60. The standard InChI is InChI=1S/C11H20N2O2S/c1-4-15-6-5-11-13-9(8-14-3)10(16-11)7-12-2/h12H,4-8H2,1-3H3. The third kappa shape index (κ3) is 4.17. The minimum atomic E-state index is 0.585. The van der Waals surface area contributed by atoms with Crippen LogP contribution in [0, 0.1) is 0 Å². The van der Waals surface area contributed by atoms with Crippen molar-refractivity contribution in [3.63, 3.8) is 0 Å². The quantitative estimate of drug-likeness (QED) is 0.705. The minimum absolute atomic E-state index is 0.585. The third-order valence-electron chi connectivity index (χ3n) is 2.11. The number of rotatable bonds is 8. The molecule has 1 N–H and O–H groups in total. The van der Waals surface area contributed by atoms with Crippen LogP contribution >= 0.6 is 11.3 Å². The number of methoxy groups -OCH3 is 1. The van der Waals surface area contributed by atoms with Gasteiger partial charge in [-0.05, 0) is 14.0 Å². The topological polar surface area (TPSA) is 43.4 Å². The summed E-state index contributed by atoms with van der Waals surface area (Å²) < 4.78 is 10.5. The molecule has 0 spiro atoms. The lowest BCUT2D eigenvalue weighted by Crippen LogP contribution is -2.06. The second-order valence-corrected chi connectivity index (χ2v) is 4.56. The smallest absolute Gasteiger partial charge is 0.0955 e. The second kappa shape index (κ2) is 7.73. The average Bonchev–Trinajstić information content (AvgIpc) is 2.63. The molecule has 0 aliphatic carbocycles. The molecule has 0 atom stereocenters. The molecule has 0 aliphatic rings. The van der Waals surface area contributed by atoms with Crippen LogP contribution in [0.1, 0.15) is 22.5 Å². The lowest BCUT2D eigenvalue weighted by atomic mass is 10.3. The van der Waals surface area contributed by atoms with Crippen LogP contribution in [-0.2, 0) is 29.0 Å². The second-order valence-electron chi connectivity index (χ2n) is 3.39. The summed E-state index contributed by atoms with van der Waals surface area (Å²) in [6.07, 6.45) is 0.888. The molecule has 0 amide bonds. The molecule has 92 valence electrons. The number of aromatic nitrogens is 1. The first-order valence-corrected chi connectivity index (χ1v) is 6.32. The van der Waals surface area contributed by atoms with Crippen molar-refractivity contribution >= 4 is 11.3 Å². The minimum Gasteiger partial charge on any atom is -0.381 e. The van der Waals surface area contributed by atoms with E-state index >= 15 is 0 Å². The number of nitrogens with zero attached hydrogens (tertiary/aromatic N) is 1. The van der Waals surface area contributed by atoms with Gasteiger partial charge in [-0.15, -0.1) is 11.3 Å². The van der Waals surface area contributed by atoms with Gasteiger partial charge >= 0.3 is 0 Å². The van der Waals surface area contributed by atoms with Gasteiger partial charge in [-0.3, -0.25) is 0 Å². The van der Waals surface area contributed by atoms with Crippen molar-refractivity contribution in [2.45, 2.75) is 26.5 Å². The normalized spacial score (nSPS) is 10.9. The molecular formula is C11H20N2O2S. The molecule has 16 heavy (non-hydrogen) atoms. The van der Waals surface area contributed by atoms with E-state index in [1.807, 2.05) is 14.0 Å². The highest BCUT2D eigenvalue weighted by Gasteiger charge is 2.10. The van der Waals surface area contributed by atoms with Gasteiger partial charge < -0.3 is 14.8 Å². The summed E-state index contributed by atoms with van der Waals surface area (Å²) in [6.45, 7) is 4.95. The molecular weight excluding hydrogens is 224 g/mol. The molecule has 0 aromatic carbocycles. The first-order valence-electron chi connectivity index (χ1n) is 5.50. The summed E-state index contributed by atoms with van der Waals surface area (Å²) in [5, 5.41) is 4.28. The Morgan fingerprint density at radius 2 is 2.25 bits per heavy atom. The van der Waals surface area contributed by atoms with Gasteiger partial charge in [0.05, 0.1) is 23.9 Å². The number of hydrogen-bond donors (Lipinski definition) is 1. The van der Waals surface area contributed by atoms with Gasteiger partial charge in [0.15, 0.2) is 0 Å². The van der Waals surface area contributed by atoms with Crippen molar-refractivity contribution in [3.8, 4) is 0 Å². The summed E-state index contributed by atoms with van der Waals surface area (Å²) in [5.41, 5.74) is 1.05. The van der Waals surface area contributed by atoms with Crippen molar-refractivity contribution in [2.24, 2.45) is 0 Å². The van der Waals surface area contributed by atoms with E-state index in [9.17, 15) is 0 Å². The Labute approximate surface area is 101 Å². The Morgan fingerprint density at radius 3 is 2.88 bits per heavy atom. The van der Waals surface area contributed by atoms with Crippen LogP contribution in [0.15, 0.2) is 0 Å². The molecule has 0 radical (unpaired) electrons. The lowest BCUT2D eigenvalue weighted by molar-refractivity contribution is 0.150. The molecule has 0 bridgehead atoms. The van der Waals surface area contributed by atoms with Crippen LogP contribution in [0.2, 0.25) is 0 Å². The van der Waals surface area contributed by atoms with Gasteiger partial charge in [0.1, 0.15) is 0 Å². The van der Waals surface area contributed by atoms with Crippen LogP contribution in [-0.4, -0.2) is 32.4 Å². The van der Waals surface area contributed by atoms with Crippen molar-refractivity contribution in [1.82, 2.24) is 10.3 Å². The summed E-state index contributed by atoms with van der Waals surface area (Å²) in [7, 11) is 3.64. The van der Waals surface area contributed by atoms with Gasteiger partial charge in [0.25, 0.3) is 0 Å². The van der Waals surface area contributed by atoms with E-state index in [1.165, 1.54) is 4.88 Å². The van der Waals surface area contributed by atoms with Gasteiger partial charge in [0, 0.05) is 31.6 Å². The summed E-state index contributed by atoms with van der Waals surface area (Å²) in [4.78, 5) is 5.82. The van der Waals surface area contributed by atoms with Crippen molar-refractivity contribution in [1.29, 1.82) is 0 Å². The first kappa shape index (κ1) is 13.6. The Kier molecular flexibility index (Phi) is 6.56. The monoisotopic (exact) mass is 244 g/mol. The first-order chi connectivity index (χ1) is 7.81. The zero-order valence-corrected chi connectivity index (χ0v) is 11.0. The average molecular weight is 244 g/mol. The van der Waals surface area contributed by atoms with Crippen molar-refractivity contribution in [3.05, 3.63) is 15.6 Å². The molecule has 1 rings (SSSR count). The predicted molar refractivity (Wildman–Crippen MR) is 65.8 cm³/mol. The largest absolute Gasteiger partial charge is 0.381 e. The fourth-order valence-corrected chi connectivity index (χ4v) is 2.46. The van der Waals surface area contributed by atoms with E-state index in [4.69, 9.17) is 9.47 Å². The summed E-state index contributed by atoms with van der Waals surface area (Å²) in [6, 6.07) is 0. The number of hydrogen-bond acceptors (Lipinski definition) is 5. The molecule has 4 nitrogen and oxygen atoms in total. The molecule has 1 aromatic rings. The summed E-state index contributed by atoms with van der Waals surface area (Å²) in [5.74, 6) is 0. The van der Waals surface area contributed by atoms with Gasteiger partial charge in [-0.2, -0.15) is 0 Å². The number of ether oxygens (including phenoxy) is 2. The maximum Gasteiger partial charge on any atom is 0.0955 e. The number of thiazole rings is 1. The lowest BCUT2D eigenvalue weighted by Gasteiger charge is -1.98. The third-order valence-corrected chi connectivity index (χ3v) is 3.26. The molecule has 0 saturated carbocycles. The van der Waals surface area contributed by atoms with E-state index in [0.717, 1.165) is 36.9 Å². The molecule has 1 aromatic heterocycles. The zero-order valence-electron chi connectivity index (χ0n) is 10.2. The molecule has 5 heteroatoms. The van der Waals surface area contributed by atoms with Gasteiger partial charge in [0.2, 0.25) is 0 Å². The Bertz CT molecular complexity index is 279. The van der Waals surface area contributed by atoms with Crippen LogP contribution in [0.5, 0.6) is 0 Å². The molecule has 0 saturated heterocycles. The molecule has 0 aliphatic heterocycles. The summed E-state index contributed by atoms with van der Waals surface area (Å²) >= 11 is 1.74. The van der Waals surface area contributed by atoms with Gasteiger partial charge in [-0.1, -0.05) is 0 Å². The van der Waals surface area contributed by atoms with E-state index < -0.39 is 0 Å². The molecule has 0 fully saturated rings. The maximum absolute atomic E-state index is 5.33. The van der Waals surface area contributed by atoms with Crippen molar-refractivity contribution in [2.75, 3.05) is 27.4 Å². The van der Waals surface area contributed by atoms with Crippen LogP contribution < -0.4 is 5.32 Å².